The second kappa shape index (κ2) is 51.8. The summed E-state index contributed by atoms with van der Waals surface area (Å²) in [6.07, 6.45) is 63.2. The molecule has 0 saturated carbocycles. The Morgan fingerprint density at radius 2 is 0.844 bits per heavy atom. The van der Waals surface area contributed by atoms with E-state index in [-0.39, 0.29) is 24.9 Å². The number of esters is 1. The highest BCUT2D eigenvalue weighted by atomic mass is 16.5. The van der Waals surface area contributed by atoms with Crippen LogP contribution in [-0.2, 0) is 14.3 Å². The molecule has 1 amide bonds. The molecule has 0 rings (SSSR count). The first kappa shape index (κ1) is 61.8. The Bertz CT molecular complexity index is 1100. The maximum absolute atomic E-state index is 13.2. The highest BCUT2D eigenvalue weighted by Gasteiger charge is 2.24. The van der Waals surface area contributed by atoms with Gasteiger partial charge in [0.05, 0.1) is 25.2 Å². The molecule has 0 aromatic rings. The van der Waals surface area contributed by atoms with E-state index in [2.05, 4.69) is 74.7 Å². The first-order valence-electron chi connectivity index (χ1n) is 27.9. The van der Waals surface area contributed by atoms with Crippen LogP contribution in [-0.4, -0.2) is 46.9 Å². The maximum Gasteiger partial charge on any atom is 0.306 e. The zero-order chi connectivity index (χ0) is 46.7. The van der Waals surface area contributed by atoms with Crippen molar-refractivity contribution in [3.05, 3.63) is 48.6 Å². The van der Waals surface area contributed by atoms with Crippen molar-refractivity contribution in [2.24, 2.45) is 0 Å². The SMILES string of the molecule is CC/C=C/C/C=C/CCCCCCCC(CC(=O)NC(CO)C(O)CCCCCCCCCCCCCCCCCC)OC(=O)CCCCCCCCC/C=C\C/C=C\CCCCC. The maximum atomic E-state index is 13.2. The van der Waals surface area contributed by atoms with E-state index >= 15 is 0 Å². The molecule has 64 heavy (non-hydrogen) atoms. The summed E-state index contributed by atoms with van der Waals surface area (Å²) < 4.78 is 5.94. The quantitative estimate of drug-likeness (QED) is 0.0321. The average Bonchev–Trinajstić information content (AvgIpc) is 3.29. The molecule has 0 aliphatic rings. The van der Waals surface area contributed by atoms with E-state index in [1.165, 1.54) is 148 Å². The van der Waals surface area contributed by atoms with Crippen molar-refractivity contribution in [1.29, 1.82) is 0 Å². The fourth-order valence-electron chi connectivity index (χ4n) is 8.44. The lowest BCUT2D eigenvalue weighted by Crippen LogP contribution is -2.46. The summed E-state index contributed by atoms with van der Waals surface area (Å²) in [4.78, 5) is 26.2. The number of nitrogens with one attached hydrogen (secondary N) is 1. The molecular weight excluding hydrogens is 791 g/mol. The van der Waals surface area contributed by atoms with Crippen molar-refractivity contribution in [3.63, 3.8) is 0 Å². The van der Waals surface area contributed by atoms with Crippen LogP contribution in [0, 0.1) is 0 Å². The van der Waals surface area contributed by atoms with Gasteiger partial charge in [0, 0.05) is 6.42 Å². The zero-order valence-electron chi connectivity index (χ0n) is 42.7. The zero-order valence-corrected chi connectivity index (χ0v) is 42.7. The Labute approximate surface area is 397 Å². The van der Waals surface area contributed by atoms with Gasteiger partial charge in [0.15, 0.2) is 0 Å². The molecule has 0 aromatic carbocycles. The molecule has 3 unspecified atom stereocenters. The number of hydrogen-bond acceptors (Lipinski definition) is 5. The van der Waals surface area contributed by atoms with Gasteiger partial charge in [-0.15, -0.1) is 0 Å². The standard InChI is InChI=1S/C58H107NO5/c1-4-7-10-13-16-19-22-25-27-29-31-33-36-39-42-45-48-51-58(63)64-54(49-46-43-40-37-34-24-21-18-15-12-9-6-3)52-57(62)59-55(53-60)56(61)50-47-44-41-38-35-32-30-28-26-23-20-17-14-11-8-5-2/h9,12,16,18-19,21,25,27,54-56,60-61H,4-8,10-11,13-15,17,20,22-24,26,28-53H2,1-3H3,(H,59,62)/b12-9+,19-16-,21-18+,27-25-. The molecule has 0 aliphatic heterocycles. The molecule has 0 aliphatic carbocycles. The van der Waals surface area contributed by atoms with Crippen LogP contribution in [0.15, 0.2) is 48.6 Å². The largest absolute Gasteiger partial charge is 0.462 e. The molecular formula is C58H107NO5. The van der Waals surface area contributed by atoms with Gasteiger partial charge in [0.2, 0.25) is 5.91 Å². The Balaban J connectivity index is 4.51. The van der Waals surface area contributed by atoms with E-state index in [0.717, 1.165) is 89.9 Å². The second-order valence-corrected chi connectivity index (χ2v) is 19.0. The molecule has 3 N–H and O–H groups in total. The summed E-state index contributed by atoms with van der Waals surface area (Å²) in [7, 11) is 0. The number of carbonyl (C=O) groups is 2. The van der Waals surface area contributed by atoms with Gasteiger partial charge in [-0.2, -0.15) is 0 Å². The highest BCUT2D eigenvalue weighted by Crippen LogP contribution is 2.18. The van der Waals surface area contributed by atoms with E-state index < -0.39 is 18.2 Å². The van der Waals surface area contributed by atoms with Crippen molar-refractivity contribution in [2.75, 3.05) is 6.61 Å². The van der Waals surface area contributed by atoms with E-state index in [1.807, 2.05) is 0 Å². The number of allylic oxidation sites excluding steroid dienone is 8. The molecule has 3 atom stereocenters. The van der Waals surface area contributed by atoms with Crippen molar-refractivity contribution in [2.45, 2.75) is 302 Å². The summed E-state index contributed by atoms with van der Waals surface area (Å²) in [6, 6.07) is -0.708. The fourth-order valence-corrected chi connectivity index (χ4v) is 8.44. The molecule has 6 heteroatoms. The van der Waals surface area contributed by atoms with Gasteiger partial charge in [-0.05, 0) is 83.5 Å². The third-order valence-electron chi connectivity index (χ3n) is 12.6. The van der Waals surface area contributed by atoms with Crippen molar-refractivity contribution in [1.82, 2.24) is 5.32 Å². The first-order chi connectivity index (χ1) is 31.5. The average molecular weight is 898 g/mol. The van der Waals surface area contributed by atoms with E-state index in [0.29, 0.717) is 19.3 Å². The predicted octanol–water partition coefficient (Wildman–Crippen LogP) is 17.0. The molecule has 0 bridgehead atoms. The first-order valence-corrected chi connectivity index (χ1v) is 27.9. The van der Waals surface area contributed by atoms with Crippen LogP contribution in [0.2, 0.25) is 0 Å². The number of aliphatic hydroxyl groups is 2. The van der Waals surface area contributed by atoms with Gasteiger partial charge in [-0.3, -0.25) is 9.59 Å². The van der Waals surface area contributed by atoms with Crippen LogP contribution < -0.4 is 5.32 Å². The lowest BCUT2D eigenvalue weighted by atomic mass is 10.0. The Hall–Kier alpha value is -2.18. The third-order valence-corrected chi connectivity index (χ3v) is 12.6. The van der Waals surface area contributed by atoms with Gasteiger partial charge in [-0.25, -0.2) is 0 Å². The molecule has 0 heterocycles. The van der Waals surface area contributed by atoms with Gasteiger partial charge >= 0.3 is 5.97 Å². The van der Waals surface area contributed by atoms with Crippen LogP contribution in [0.25, 0.3) is 0 Å². The summed E-state index contributed by atoms with van der Waals surface area (Å²) in [5.41, 5.74) is 0. The van der Waals surface area contributed by atoms with Gasteiger partial charge in [0.25, 0.3) is 0 Å². The summed E-state index contributed by atoms with van der Waals surface area (Å²) in [5.74, 6) is -0.489. The van der Waals surface area contributed by atoms with Crippen molar-refractivity contribution < 1.29 is 24.5 Å². The van der Waals surface area contributed by atoms with E-state index in [4.69, 9.17) is 4.74 Å². The van der Waals surface area contributed by atoms with Gasteiger partial charge in [-0.1, -0.05) is 236 Å². The minimum atomic E-state index is -0.793. The number of aliphatic hydroxyl groups excluding tert-OH is 2. The van der Waals surface area contributed by atoms with Crippen LogP contribution in [0.1, 0.15) is 284 Å². The molecule has 0 radical (unpaired) electrons. The molecule has 0 spiro atoms. The van der Waals surface area contributed by atoms with E-state index in [1.54, 1.807) is 0 Å². The van der Waals surface area contributed by atoms with Crippen LogP contribution >= 0.6 is 0 Å². The van der Waals surface area contributed by atoms with Crippen LogP contribution in [0.3, 0.4) is 0 Å². The smallest absolute Gasteiger partial charge is 0.306 e. The molecule has 374 valence electrons. The number of rotatable bonds is 50. The lowest BCUT2D eigenvalue weighted by molar-refractivity contribution is -0.151. The lowest BCUT2D eigenvalue weighted by Gasteiger charge is -2.24. The van der Waals surface area contributed by atoms with Crippen LogP contribution in [0.5, 0.6) is 0 Å². The summed E-state index contributed by atoms with van der Waals surface area (Å²) in [5, 5.41) is 23.8. The van der Waals surface area contributed by atoms with Crippen LogP contribution in [0.4, 0.5) is 0 Å². The summed E-state index contributed by atoms with van der Waals surface area (Å²) >= 11 is 0. The number of unbranched alkanes of at least 4 members (excludes halogenated alkanes) is 30. The highest BCUT2D eigenvalue weighted by molar-refractivity contribution is 5.77. The number of hydrogen-bond donors (Lipinski definition) is 3. The predicted molar refractivity (Wildman–Crippen MR) is 278 cm³/mol. The molecule has 0 saturated heterocycles. The Morgan fingerprint density at radius 1 is 0.469 bits per heavy atom. The van der Waals surface area contributed by atoms with E-state index in [9.17, 15) is 19.8 Å². The third kappa shape index (κ3) is 46.4. The Kier molecular flexibility index (Phi) is 50.0. The van der Waals surface area contributed by atoms with Gasteiger partial charge in [0.1, 0.15) is 6.10 Å². The Morgan fingerprint density at radius 3 is 1.30 bits per heavy atom. The minimum absolute atomic E-state index is 0.0657. The number of carbonyl (C=O) groups excluding carboxylic acids is 2. The second-order valence-electron chi connectivity index (χ2n) is 19.0. The number of amides is 1. The van der Waals surface area contributed by atoms with Gasteiger partial charge < -0.3 is 20.3 Å². The normalized spacial score (nSPS) is 13.5. The summed E-state index contributed by atoms with van der Waals surface area (Å²) in [6.45, 7) is 6.37. The molecule has 6 nitrogen and oxygen atoms in total. The number of ether oxygens (including phenoxy) is 1. The molecule has 0 fully saturated rings. The van der Waals surface area contributed by atoms with Crippen molar-refractivity contribution >= 4 is 11.9 Å². The fraction of sp³-hybridized carbons (Fsp3) is 0.828. The monoisotopic (exact) mass is 898 g/mol. The molecule has 0 aromatic heterocycles. The van der Waals surface area contributed by atoms with Crippen molar-refractivity contribution in [3.8, 4) is 0 Å². The minimum Gasteiger partial charge on any atom is -0.462 e. The topological polar surface area (TPSA) is 95.9 Å².